The van der Waals surface area contributed by atoms with E-state index >= 15 is 0 Å². The summed E-state index contributed by atoms with van der Waals surface area (Å²) in [5.74, 6) is 0. The molecular weight excluding hydrogens is 242 g/mol. The van der Waals surface area contributed by atoms with E-state index in [1.807, 2.05) is 0 Å². The second-order valence-corrected chi connectivity index (χ2v) is 5.85. The first-order chi connectivity index (χ1) is 8.76. The molecule has 0 radical (unpaired) electrons. The number of aromatic nitrogens is 2. The standard InChI is InChI=1S/C14H17N3S/c1-3-13-16-17-14(18-13)15-12-7-6-10-5-4-9(2)8-11(10)12/h4-5,8,12H,3,6-7H2,1-2H3,(H,15,17). The van der Waals surface area contributed by atoms with Crippen molar-refractivity contribution in [3.8, 4) is 0 Å². The maximum absolute atomic E-state index is 4.20. The number of rotatable bonds is 3. The second kappa shape index (κ2) is 4.69. The van der Waals surface area contributed by atoms with Gasteiger partial charge in [0, 0.05) is 0 Å². The molecule has 0 fully saturated rings. The lowest BCUT2D eigenvalue weighted by molar-refractivity contribution is 0.757. The molecule has 2 aromatic rings. The van der Waals surface area contributed by atoms with Gasteiger partial charge in [0.15, 0.2) is 0 Å². The van der Waals surface area contributed by atoms with Crippen molar-refractivity contribution in [3.05, 3.63) is 39.9 Å². The van der Waals surface area contributed by atoms with E-state index in [0.717, 1.165) is 29.4 Å². The highest BCUT2D eigenvalue weighted by Crippen LogP contribution is 2.35. The van der Waals surface area contributed by atoms with Crippen LogP contribution in [0.1, 0.15) is 41.1 Å². The summed E-state index contributed by atoms with van der Waals surface area (Å²) >= 11 is 1.67. The Morgan fingerprint density at radius 3 is 3.06 bits per heavy atom. The third-order valence-electron chi connectivity index (χ3n) is 3.45. The fourth-order valence-electron chi connectivity index (χ4n) is 2.48. The largest absolute Gasteiger partial charge is 0.353 e. The molecule has 0 aliphatic heterocycles. The van der Waals surface area contributed by atoms with Crippen molar-refractivity contribution in [1.29, 1.82) is 0 Å². The van der Waals surface area contributed by atoms with Crippen molar-refractivity contribution in [1.82, 2.24) is 10.2 Å². The van der Waals surface area contributed by atoms with Gasteiger partial charge in [-0.25, -0.2) is 0 Å². The van der Waals surface area contributed by atoms with Crippen LogP contribution >= 0.6 is 11.3 Å². The van der Waals surface area contributed by atoms with Gasteiger partial charge >= 0.3 is 0 Å². The Bertz CT molecular complexity index is 562. The molecule has 1 heterocycles. The van der Waals surface area contributed by atoms with E-state index in [4.69, 9.17) is 0 Å². The first-order valence-electron chi connectivity index (χ1n) is 6.44. The topological polar surface area (TPSA) is 37.8 Å². The van der Waals surface area contributed by atoms with Crippen LogP contribution in [0.5, 0.6) is 0 Å². The quantitative estimate of drug-likeness (QED) is 0.916. The summed E-state index contributed by atoms with van der Waals surface area (Å²) in [5.41, 5.74) is 4.23. The van der Waals surface area contributed by atoms with Crippen LogP contribution in [0.2, 0.25) is 0 Å². The van der Waals surface area contributed by atoms with Gasteiger partial charge in [-0.2, -0.15) is 0 Å². The number of benzene rings is 1. The fraction of sp³-hybridized carbons (Fsp3) is 0.429. The SMILES string of the molecule is CCc1nnc(NC2CCc3ccc(C)cc32)s1. The molecule has 1 aromatic heterocycles. The Hall–Kier alpha value is -1.42. The Morgan fingerprint density at radius 1 is 1.39 bits per heavy atom. The number of nitrogens with one attached hydrogen (secondary N) is 1. The van der Waals surface area contributed by atoms with Crippen molar-refractivity contribution in [2.45, 2.75) is 39.2 Å². The minimum atomic E-state index is 0.401. The van der Waals surface area contributed by atoms with Gasteiger partial charge in [-0.15, -0.1) is 10.2 Å². The molecule has 1 aromatic carbocycles. The second-order valence-electron chi connectivity index (χ2n) is 4.79. The van der Waals surface area contributed by atoms with Crippen LogP contribution in [0.25, 0.3) is 0 Å². The zero-order valence-corrected chi connectivity index (χ0v) is 11.5. The molecule has 94 valence electrons. The van der Waals surface area contributed by atoms with Crippen LogP contribution in [-0.2, 0) is 12.8 Å². The summed E-state index contributed by atoms with van der Waals surface area (Å²) in [5, 5.41) is 13.9. The summed E-state index contributed by atoms with van der Waals surface area (Å²) < 4.78 is 0. The molecule has 0 saturated carbocycles. The van der Waals surface area contributed by atoms with Crippen molar-refractivity contribution in [3.63, 3.8) is 0 Å². The van der Waals surface area contributed by atoms with Crippen LogP contribution in [0.3, 0.4) is 0 Å². The van der Waals surface area contributed by atoms with Crippen molar-refractivity contribution >= 4 is 16.5 Å². The van der Waals surface area contributed by atoms with Gasteiger partial charge in [0.2, 0.25) is 5.13 Å². The first kappa shape index (κ1) is 11.7. The van der Waals surface area contributed by atoms with E-state index in [9.17, 15) is 0 Å². The molecule has 0 saturated heterocycles. The minimum Gasteiger partial charge on any atom is -0.353 e. The fourth-order valence-corrected chi connectivity index (χ4v) is 3.21. The maximum Gasteiger partial charge on any atom is 0.206 e. The molecule has 3 nitrogen and oxygen atoms in total. The predicted molar refractivity (Wildman–Crippen MR) is 75.2 cm³/mol. The highest BCUT2D eigenvalue weighted by atomic mass is 32.1. The summed E-state index contributed by atoms with van der Waals surface area (Å²) in [7, 11) is 0. The van der Waals surface area contributed by atoms with Gasteiger partial charge in [-0.1, -0.05) is 42.0 Å². The predicted octanol–water partition coefficient (Wildman–Crippen LogP) is 3.51. The normalized spacial score (nSPS) is 17.8. The minimum absolute atomic E-state index is 0.401. The lowest BCUT2D eigenvalue weighted by Crippen LogP contribution is -2.06. The lowest BCUT2D eigenvalue weighted by atomic mass is 10.1. The summed E-state index contributed by atoms with van der Waals surface area (Å²) in [6.45, 7) is 4.26. The Labute approximate surface area is 111 Å². The molecule has 3 rings (SSSR count). The van der Waals surface area contributed by atoms with E-state index in [-0.39, 0.29) is 0 Å². The van der Waals surface area contributed by atoms with Crippen molar-refractivity contribution in [2.24, 2.45) is 0 Å². The van der Waals surface area contributed by atoms with Gasteiger partial charge < -0.3 is 5.32 Å². The van der Waals surface area contributed by atoms with Crippen molar-refractivity contribution in [2.75, 3.05) is 5.32 Å². The van der Waals surface area contributed by atoms with Gasteiger partial charge in [0.1, 0.15) is 5.01 Å². The number of anilines is 1. The third kappa shape index (κ3) is 2.12. The third-order valence-corrected chi connectivity index (χ3v) is 4.44. The Morgan fingerprint density at radius 2 is 2.28 bits per heavy atom. The average Bonchev–Trinajstić information content (AvgIpc) is 2.97. The number of hydrogen-bond acceptors (Lipinski definition) is 4. The zero-order chi connectivity index (χ0) is 12.5. The zero-order valence-electron chi connectivity index (χ0n) is 10.7. The molecule has 4 heteroatoms. The molecule has 1 aliphatic rings. The number of fused-ring (bicyclic) bond motifs is 1. The van der Waals surface area contributed by atoms with E-state index in [1.54, 1.807) is 11.3 Å². The Kier molecular flexibility index (Phi) is 3.04. The van der Waals surface area contributed by atoms with E-state index in [1.165, 1.54) is 16.7 Å². The Balaban J connectivity index is 1.81. The van der Waals surface area contributed by atoms with Crippen LogP contribution in [0, 0.1) is 6.92 Å². The van der Waals surface area contributed by atoms with Gasteiger partial charge in [0.25, 0.3) is 0 Å². The molecule has 0 bridgehead atoms. The van der Waals surface area contributed by atoms with Gasteiger partial charge in [-0.05, 0) is 37.3 Å². The molecule has 1 atom stereocenters. The van der Waals surface area contributed by atoms with E-state index < -0.39 is 0 Å². The number of nitrogens with zero attached hydrogens (tertiary/aromatic N) is 2. The molecule has 0 spiro atoms. The smallest absolute Gasteiger partial charge is 0.206 e. The van der Waals surface area contributed by atoms with Gasteiger partial charge in [0.05, 0.1) is 6.04 Å². The van der Waals surface area contributed by atoms with Crippen LogP contribution in [0.15, 0.2) is 18.2 Å². The lowest BCUT2D eigenvalue weighted by Gasteiger charge is -2.12. The highest BCUT2D eigenvalue weighted by Gasteiger charge is 2.23. The van der Waals surface area contributed by atoms with E-state index in [0.29, 0.717) is 6.04 Å². The molecule has 0 amide bonds. The summed E-state index contributed by atoms with van der Waals surface area (Å²) in [6, 6.07) is 7.14. The molecular formula is C14H17N3S. The monoisotopic (exact) mass is 259 g/mol. The van der Waals surface area contributed by atoms with Crippen LogP contribution in [-0.4, -0.2) is 10.2 Å². The average molecular weight is 259 g/mol. The number of hydrogen-bond donors (Lipinski definition) is 1. The molecule has 1 aliphatic carbocycles. The molecule has 18 heavy (non-hydrogen) atoms. The molecule has 1 N–H and O–H groups in total. The van der Waals surface area contributed by atoms with Crippen LogP contribution in [0.4, 0.5) is 5.13 Å². The first-order valence-corrected chi connectivity index (χ1v) is 7.26. The molecule has 1 unspecified atom stereocenters. The number of aryl methyl sites for hydroxylation is 3. The van der Waals surface area contributed by atoms with E-state index in [2.05, 4.69) is 47.6 Å². The van der Waals surface area contributed by atoms with Gasteiger partial charge in [-0.3, -0.25) is 0 Å². The maximum atomic E-state index is 4.20. The van der Waals surface area contributed by atoms with Crippen molar-refractivity contribution < 1.29 is 0 Å². The summed E-state index contributed by atoms with van der Waals surface area (Å²) in [4.78, 5) is 0. The highest BCUT2D eigenvalue weighted by molar-refractivity contribution is 7.15. The van der Waals surface area contributed by atoms with Crippen LogP contribution < -0.4 is 5.32 Å². The summed E-state index contributed by atoms with van der Waals surface area (Å²) in [6.07, 6.45) is 3.27.